The lowest BCUT2D eigenvalue weighted by Gasteiger charge is -2.36. The summed E-state index contributed by atoms with van der Waals surface area (Å²) in [6, 6.07) is 8.75. The summed E-state index contributed by atoms with van der Waals surface area (Å²) in [4.78, 5) is 26.9. The number of pyridine rings is 1. The van der Waals surface area contributed by atoms with Crippen LogP contribution in [-0.2, 0) is 18.6 Å². The van der Waals surface area contributed by atoms with Crippen molar-refractivity contribution in [1.82, 2.24) is 29.6 Å². The van der Waals surface area contributed by atoms with E-state index < -0.39 is 11.4 Å². The Hall–Kier alpha value is -3.63. The third-order valence-electron chi connectivity index (χ3n) is 7.13. The van der Waals surface area contributed by atoms with Crippen molar-refractivity contribution in [1.29, 1.82) is 0 Å². The summed E-state index contributed by atoms with van der Waals surface area (Å²) < 4.78 is 17.8. The average Bonchev–Trinajstić information content (AvgIpc) is 3.14. The number of benzene rings is 1. The molecule has 0 bridgehead atoms. The maximum Gasteiger partial charge on any atom is 0.278 e. The van der Waals surface area contributed by atoms with Crippen molar-refractivity contribution in [3.63, 3.8) is 0 Å². The Balaban J connectivity index is 1.47. The molecule has 3 N–H and O–H groups in total. The van der Waals surface area contributed by atoms with Crippen LogP contribution in [0.3, 0.4) is 0 Å². The van der Waals surface area contributed by atoms with Crippen molar-refractivity contribution in [3.05, 3.63) is 69.5 Å². The average molecular weight is 490 g/mol. The molecular formula is C26H28FN7O2. The van der Waals surface area contributed by atoms with Crippen molar-refractivity contribution in [2.45, 2.75) is 57.7 Å². The number of halogens is 1. The molecule has 0 spiro atoms. The van der Waals surface area contributed by atoms with Gasteiger partial charge in [0.15, 0.2) is 11.5 Å². The lowest BCUT2D eigenvalue weighted by atomic mass is 9.77. The predicted molar refractivity (Wildman–Crippen MR) is 134 cm³/mol. The first kappa shape index (κ1) is 22.8. The number of hydrogen-bond donors (Lipinski definition) is 3. The molecule has 0 radical (unpaired) electrons. The van der Waals surface area contributed by atoms with Gasteiger partial charge < -0.3 is 15.7 Å². The topological polar surface area (TPSA) is 110 Å². The van der Waals surface area contributed by atoms with Crippen molar-refractivity contribution < 1.29 is 9.50 Å². The molecule has 1 fully saturated rings. The Morgan fingerprint density at radius 2 is 2.00 bits per heavy atom. The van der Waals surface area contributed by atoms with Gasteiger partial charge in [0, 0.05) is 24.5 Å². The highest BCUT2D eigenvalue weighted by Crippen LogP contribution is 2.41. The maximum absolute atomic E-state index is 14.7. The van der Waals surface area contributed by atoms with Gasteiger partial charge in [0.25, 0.3) is 5.56 Å². The first-order valence-corrected chi connectivity index (χ1v) is 12.3. The summed E-state index contributed by atoms with van der Waals surface area (Å²) >= 11 is 0. The molecule has 186 valence electrons. The minimum Gasteiger partial charge on any atom is -0.383 e. The SMILES string of the molecule is CC(C)n1c(=O)c2cnc(Nc3ccc4c(c3)CNCC4)nc2n1-c1ccc(F)c(C2(O)CCC2)n1. The molecule has 0 atom stereocenters. The second-order valence-electron chi connectivity index (χ2n) is 9.91. The summed E-state index contributed by atoms with van der Waals surface area (Å²) in [7, 11) is 0. The van der Waals surface area contributed by atoms with Crippen LogP contribution in [0.2, 0.25) is 0 Å². The molecule has 1 aliphatic heterocycles. The number of nitrogens with one attached hydrogen (secondary N) is 2. The number of nitrogens with zero attached hydrogens (tertiary/aromatic N) is 5. The molecule has 36 heavy (non-hydrogen) atoms. The van der Waals surface area contributed by atoms with E-state index in [1.807, 2.05) is 19.9 Å². The summed E-state index contributed by atoms with van der Waals surface area (Å²) in [5, 5.41) is 17.8. The summed E-state index contributed by atoms with van der Waals surface area (Å²) in [6.07, 6.45) is 4.22. The molecule has 6 rings (SSSR count). The number of hydrogen-bond acceptors (Lipinski definition) is 7. The summed E-state index contributed by atoms with van der Waals surface area (Å²) in [5.41, 5.74) is 2.22. The number of rotatable bonds is 5. The van der Waals surface area contributed by atoms with E-state index in [1.54, 1.807) is 4.68 Å². The fraction of sp³-hybridized carbons (Fsp3) is 0.385. The van der Waals surface area contributed by atoms with E-state index in [-0.39, 0.29) is 17.3 Å². The molecule has 4 heterocycles. The molecule has 1 aromatic carbocycles. The molecular weight excluding hydrogens is 461 g/mol. The monoisotopic (exact) mass is 489 g/mol. The minimum absolute atomic E-state index is 0.00549. The zero-order valence-corrected chi connectivity index (χ0v) is 20.3. The van der Waals surface area contributed by atoms with Gasteiger partial charge in [0.2, 0.25) is 5.95 Å². The number of anilines is 2. The van der Waals surface area contributed by atoms with Gasteiger partial charge in [-0.15, -0.1) is 0 Å². The second-order valence-corrected chi connectivity index (χ2v) is 9.91. The predicted octanol–water partition coefficient (Wildman–Crippen LogP) is 3.46. The van der Waals surface area contributed by atoms with Crippen LogP contribution >= 0.6 is 0 Å². The van der Waals surface area contributed by atoms with Crippen LogP contribution < -0.4 is 16.2 Å². The first-order valence-electron chi connectivity index (χ1n) is 12.3. The van der Waals surface area contributed by atoms with Gasteiger partial charge in [-0.3, -0.25) is 4.79 Å². The number of fused-ring (bicyclic) bond motifs is 2. The largest absolute Gasteiger partial charge is 0.383 e. The maximum atomic E-state index is 14.7. The summed E-state index contributed by atoms with van der Waals surface area (Å²) in [5.74, 6) is 0.0904. The van der Waals surface area contributed by atoms with E-state index >= 15 is 0 Å². The fourth-order valence-electron chi connectivity index (χ4n) is 5.06. The van der Waals surface area contributed by atoms with Gasteiger partial charge in [-0.25, -0.2) is 23.7 Å². The standard InChI is InChI=1S/C26H28FN7O2/c1-15(2)33-24(35)19-14-29-25(30-18-5-4-16-8-11-28-13-17(16)12-18)32-23(19)34(33)21-7-6-20(27)22(31-21)26(36)9-3-10-26/h4-7,12,14-15,28,36H,3,8-11,13H2,1-2H3,(H,29,30,32). The molecule has 0 saturated heterocycles. The van der Waals surface area contributed by atoms with E-state index in [0.29, 0.717) is 35.6 Å². The highest BCUT2D eigenvalue weighted by atomic mass is 19.1. The lowest BCUT2D eigenvalue weighted by Crippen LogP contribution is -2.36. The lowest BCUT2D eigenvalue weighted by molar-refractivity contribution is -0.0457. The van der Waals surface area contributed by atoms with E-state index in [9.17, 15) is 14.3 Å². The quantitative estimate of drug-likeness (QED) is 0.394. The van der Waals surface area contributed by atoms with E-state index in [1.165, 1.54) is 34.1 Å². The van der Waals surface area contributed by atoms with Gasteiger partial charge >= 0.3 is 0 Å². The highest BCUT2D eigenvalue weighted by Gasteiger charge is 2.40. The van der Waals surface area contributed by atoms with Crippen molar-refractivity contribution >= 4 is 22.7 Å². The second kappa shape index (κ2) is 8.49. The van der Waals surface area contributed by atoms with Crippen molar-refractivity contribution in [3.8, 4) is 5.82 Å². The van der Waals surface area contributed by atoms with Gasteiger partial charge in [-0.1, -0.05) is 6.07 Å². The Labute approximate surface area is 207 Å². The van der Waals surface area contributed by atoms with Crippen LogP contribution in [0, 0.1) is 5.82 Å². The van der Waals surface area contributed by atoms with Gasteiger partial charge in [-0.2, -0.15) is 4.98 Å². The minimum atomic E-state index is -1.28. The van der Waals surface area contributed by atoms with Crippen molar-refractivity contribution in [2.75, 3.05) is 11.9 Å². The summed E-state index contributed by atoms with van der Waals surface area (Å²) in [6.45, 7) is 5.55. The third kappa shape index (κ3) is 3.68. The van der Waals surface area contributed by atoms with Crippen LogP contribution in [0.25, 0.3) is 16.9 Å². The van der Waals surface area contributed by atoms with E-state index in [0.717, 1.165) is 31.6 Å². The van der Waals surface area contributed by atoms with Crippen LogP contribution in [0.5, 0.6) is 0 Å². The third-order valence-corrected chi connectivity index (χ3v) is 7.13. The van der Waals surface area contributed by atoms with Crippen molar-refractivity contribution in [2.24, 2.45) is 0 Å². The zero-order valence-electron chi connectivity index (χ0n) is 20.3. The van der Waals surface area contributed by atoms with E-state index in [2.05, 4.69) is 37.7 Å². The Morgan fingerprint density at radius 1 is 1.17 bits per heavy atom. The molecule has 1 aliphatic carbocycles. The first-order chi connectivity index (χ1) is 17.3. The molecule has 0 unspecified atom stereocenters. The van der Waals surface area contributed by atoms with Crippen LogP contribution in [0.4, 0.5) is 16.0 Å². The van der Waals surface area contributed by atoms with E-state index in [4.69, 9.17) is 0 Å². The van der Waals surface area contributed by atoms with Gasteiger partial charge in [0.1, 0.15) is 22.5 Å². The Morgan fingerprint density at radius 3 is 2.75 bits per heavy atom. The molecule has 4 aromatic rings. The fourth-order valence-corrected chi connectivity index (χ4v) is 5.06. The van der Waals surface area contributed by atoms with Gasteiger partial charge in [0.05, 0.1) is 0 Å². The Bertz CT molecular complexity index is 1540. The molecule has 9 nitrogen and oxygen atoms in total. The molecule has 1 saturated carbocycles. The Kier molecular flexibility index (Phi) is 5.38. The molecule has 10 heteroatoms. The highest BCUT2D eigenvalue weighted by molar-refractivity contribution is 5.77. The number of aromatic nitrogens is 5. The van der Waals surface area contributed by atoms with Crippen LogP contribution in [0.1, 0.15) is 56.0 Å². The van der Waals surface area contributed by atoms with Crippen LogP contribution in [-0.4, -0.2) is 36.0 Å². The smallest absolute Gasteiger partial charge is 0.278 e. The zero-order chi connectivity index (χ0) is 25.0. The van der Waals surface area contributed by atoms with Gasteiger partial charge in [-0.05, 0) is 81.5 Å². The molecule has 3 aromatic heterocycles. The normalized spacial score (nSPS) is 16.7. The number of aliphatic hydroxyl groups is 1. The molecule has 0 amide bonds. The van der Waals surface area contributed by atoms with Crippen LogP contribution in [0.15, 0.2) is 41.3 Å². The molecule has 2 aliphatic rings.